The van der Waals surface area contributed by atoms with Crippen LogP contribution in [-0.2, 0) is 16.5 Å². The van der Waals surface area contributed by atoms with Crippen LogP contribution in [0.2, 0.25) is 0 Å². The van der Waals surface area contributed by atoms with Gasteiger partial charge in [0.25, 0.3) is 0 Å². The van der Waals surface area contributed by atoms with Gasteiger partial charge in [0, 0.05) is 0 Å². The second-order valence-corrected chi connectivity index (χ2v) is 9.32. The molecule has 0 aromatic rings. The number of rotatable bonds is 7. The molecule has 108 valence electrons. The van der Waals surface area contributed by atoms with Crippen molar-refractivity contribution in [3.05, 3.63) is 25.3 Å². The zero-order chi connectivity index (χ0) is 13.9. The Morgan fingerprint density at radius 1 is 0.882 bits per heavy atom. The number of allylic oxidation sites excluding steroid dienone is 2. The molecule has 0 fully saturated rings. The zero-order valence-electron chi connectivity index (χ0n) is 11.3. The first-order chi connectivity index (χ1) is 8.17. The van der Waals surface area contributed by atoms with Gasteiger partial charge in [0.15, 0.2) is 0 Å². The van der Waals surface area contributed by atoms with E-state index >= 15 is 0 Å². The fourth-order valence-electron chi connectivity index (χ4n) is 1.28. The zero-order valence-corrected chi connectivity index (χ0v) is 16.0. The van der Waals surface area contributed by atoms with Gasteiger partial charge in [-0.1, -0.05) is 65.3 Å². The van der Waals surface area contributed by atoms with E-state index in [0.717, 1.165) is 0 Å². The molecule has 4 heteroatoms. The van der Waals surface area contributed by atoms with Gasteiger partial charge in [-0.3, -0.25) is 0 Å². The van der Waals surface area contributed by atoms with Gasteiger partial charge in [-0.15, -0.1) is 7.92 Å². The van der Waals surface area contributed by atoms with E-state index in [1.807, 2.05) is 0 Å². The monoisotopic (exact) mass is 479 g/mol. The van der Waals surface area contributed by atoms with E-state index in [0.29, 0.717) is 7.92 Å². The average molecular weight is 480 g/mol. The second-order valence-electron chi connectivity index (χ2n) is 3.36. The van der Waals surface area contributed by atoms with Crippen LogP contribution in [0.25, 0.3) is 0 Å². The van der Waals surface area contributed by atoms with Gasteiger partial charge in [-0.05, 0) is 18.5 Å². The summed E-state index contributed by atoms with van der Waals surface area (Å²) in [6.07, 6.45) is 12.0. The topological polar surface area (TPSA) is 0 Å². The molecule has 0 amide bonds. The van der Waals surface area contributed by atoms with Crippen molar-refractivity contribution in [2.75, 3.05) is 18.5 Å². The molecule has 0 saturated heterocycles. The van der Waals surface area contributed by atoms with Crippen LogP contribution in [-0.4, -0.2) is 18.5 Å². The molecular weight excluding hydrogens is 453 g/mol. The van der Waals surface area contributed by atoms with Gasteiger partial charge in [0.2, 0.25) is 0 Å². The predicted octanol–water partition coefficient (Wildman–Crippen LogP) is 6.43. The molecule has 0 rings (SSSR count). The van der Waals surface area contributed by atoms with Crippen molar-refractivity contribution in [1.82, 2.24) is 0 Å². The van der Waals surface area contributed by atoms with Crippen LogP contribution < -0.4 is 0 Å². The van der Waals surface area contributed by atoms with Gasteiger partial charge in [-0.2, -0.15) is 0 Å². The molecule has 0 saturated carbocycles. The fourth-order valence-corrected chi connectivity index (χ4v) is 3.85. The van der Waals surface area contributed by atoms with Gasteiger partial charge in [0.05, 0.1) is 0 Å². The molecule has 0 aromatic heterocycles. The fraction of sp³-hybridized carbons (Fsp3) is 0.692. The molecule has 0 radical (unpaired) electrons. The molecule has 0 N–H and O–H groups in total. The third-order valence-corrected chi connectivity index (χ3v) is 5.03. The van der Waals surface area contributed by atoms with Crippen LogP contribution in [0.5, 0.6) is 0 Å². The Kier molecular flexibility index (Phi) is 35.5. The summed E-state index contributed by atoms with van der Waals surface area (Å²) in [5.41, 5.74) is 0. The molecular formula is C13H27Cl2PPt. The standard InChI is InChI=1S/C9H21P.C4H6.2ClH.Pt/c1-4-7-10(8-5-2)9-6-3;1-3-4-2;;;/h4-9H2,1-3H3;3-4H,1-2H2;2*1H;/q;;;;+2/p-2. The Labute approximate surface area is 126 Å². The van der Waals surface area contributed by atoms with Crippen molar-refractivity contribution < 1.29 is 16.5 Å². The van der Waals surface area contributed by atoms with Crippen LogP contribution in [0.3, 0.4) is 0 Å². The molecule has 0 nitrogen and oxygen atoms in total. The van der Waals surface area contributed by atoms with Crippen LogP contribution in [0.15, 0.2) is 25.3 Å². The molecule has 0 aliphatic heterocycles. The van der Waals surface area contributed by atoms with Crippen LogP contribution in [0, 0.1) is 0 Å². The minimum atomic E-state index is -0.472. The Hall–Kier alpha value is 1.18. The molecule has 0 heterocycles. The SMILES string of the molecule is C=CC=C.CCCP(CCC)CCC.[Cl][Pt][Cl]. The molecule has 0 spiro atoms. The molecule has 0 aliphatic carbocycles. The molecule has 0 unspecified atom stereocenters. The van der Waals surface area contributed by atoms with Crippen LogP contribution >= 0.6 is 26.8 Å². The predicted molar refractivity (Wildman–Crippen MR) is 84.5 cm³/mol. The number of halogens is 2. The Morgan fingerprint density at radius 2 is 1.12 bits per heavy atom. The first-order valence-corrected chi connectivity index (χ1v) is 13.5. The first kappa shape index (κ1) is 23.3. The number of hydrogen-bond donors (Lipinski definition) is 0. The summed E-state index contributed by atoms with van der Waals surface area (Å²) < 4.78 is 0. The molecule has 0 aliphatic rings. The van der Waals surface area contributed by atoms with E-state index in [1.54, 1.807) is 12.2 Å². The van der Waals surface area contributed by atoms with E-state index < -0.39 is 16.5 Å². The molecule has 0 bridgehead atoms. The van der Waals surface area contributed by atoms with E-state index in [2.05, 4.69) is 33.9 Å². The summed E-state index contributed by atoms with van der Waals surface area (Å²) in [5, 5.41) is 0. The Morgan fingerprint density at radius 3 is 1.24 bits per heavy atom. The van der Waals surface area contributed by atoms with Crippen LogP contribution in [0.1, 0.15) is 40.0 Å². The van der Waals surface area contributed by atoms with Crippen molar-refractivity contribution in [2.24, 2.45) is 0 Å². The maximum atomic E-state index is 4.88. The van der Waals surface area contributed by atoms with E-state index in [-0.39, 0.29) is 0 Å². The first-order valence-electron chi connectivity index (χ1n) is 5.96. The van der Waals surface area contributed by atoms with Crippen LogP contribution in [0.4, 0.5) is 0 Å². The summed E-state index contributed by atoms with van der Waals surface area (Å²) in [5.74, 6) is 0. The Balaban J connectivity index is -0.000000232. The Bertz CT molecular complexity index is 123. The third kappa shape index (κ3) is 31.7. The van der Waals surface area contributed by atoms with Gasteiger partial charge >= 0.3 is 35.3 Å². The van der Waals surface area contributed by atoms with Gasteiger partial charge in [0.1, 0.15) is 0 Å². The van der Waals surface area contributed by atoms with E-state index in [4.69, 9.17) is 18.8 Å². The summed E-state index contributed by atoms with van der Waals surface area (Å²) in [7, 11) is 10.2. The summed E-state index contributed by atoms with van der Waals surface area (Å²) in [6.45, 7) is 13.6. The van der Waals surface area contributed by atoms with Crippen molar-refractivity contribution >= 4 is 26.8 Å². The van der Waals surface area contributed by atoms with E-state index in [1.165, 1.54) is 37.7 Å². The maximum absolute atomic E-state index is 4.88. The van der Waals surface area contributed by atoms with Crippen molar-refractivity contribution in [3.8, 4) is 0 Å². The number of hydrogen-bond acceptors (Lipinski definition) is 0. The molecule has 0 aromatic carbocycles. The molecule has 17 heavy (non-hydrogen) atoms. The average Bonchev–Trinajstić information content (AvgIpc) is 2.31. The van der Waals surface area contributed by atoms with Gasteiger partial charge in [-0.25, -0.2) is 0 Å². The van der Waals surface area contributed by atoms with Crippen molar-refractivity contribution in [2.45, 2.75) is 40.0 Å². The van der Waals surface area contributed by atoms with Crippen molar-refractivity contribution in [3.63, 3.8) is 0 Å². The second kappa shape index (κ2) is 25.9. The summed E-state index contributed by atoms with van der Waals surface area (Å²) >= 11 is -0.472. The summed E-state index contributed by atoms with van der Waals surface area (Å²) in [6, 6.07) is 0. The van der Waals surface area contributed by atoms with Gasteiger partial charge < -0.3 is 0 Å². The molecule has 0 atom stereocenters. The minimum absolute atomic E-state index is 0.439. The summed E-state index contributed by atoms with van der Waals surface area (Å²) in [4.78, 5) is 0. The van der Waals surface area contributed by atoms with Crippen molar-refractivity contribution in [1.29, 1.82) is 0 Å². The normalized spacial score (nSPS) is 8.82. The quantitative estimate of drug-likeness (QED) is 0.291. The van der Waals surface area contributed by atoms with E-state index in [9.17, 15) is 0 Å². The third-order valence-electron chi connectivity index (χ3n) is 1.79.